The van der Waals surface area contributed by atoms with Crippen LogP contribution in [0.3, 0.4) is 0 Å². The van der Waals surface area contributed by atoms with Crippen molar-refractivity contribution in [2.24, 2.45) is 11.3 Å². The lowest BCUT2D eigenvalue weighted by Crippen LogP contribution is -2.80. The van der Waals surface area contributed by atoms with E-state index >= 15 is 0 Å². The van der Waals surface area contributed by atoms with E-state index in [1.807, 2.05) is 6.92 Å². The van der Waals surface area contributed by atoms with Gasteiger partial charge < -0.3 is 24.6 Å². The average molecular weight is 412 g/mol. The number of benzene rings is 1. The van der Waals surface area contributed by atoms with Gasteiger partial charge in [-0.25, -0.2) is 0 Å². The first kappa shape index (κ1) is 19.1. The van der Waals surface area contributed by atoms with Gasteiger partial charge in [-0.05, 0) is 57.8 Å². The molecule has 0 amide bonds. The number of aliphatic hydroxyl groups is 1. The van der Waals surface area contributed by atoms with E-state index in [1.165, 1.54) is 11.1 Å². The Balaban J connectivity index is 1.66. The largest absolute Gasteiger partial charge is 0.504 e. The lowest BCUT2D eigenvalue weighted by atomic mass is 9.36. The molecule has 0 radical (unpaired) electrons. The van der Waals surface area contributed by atoms with Gasteiger partial charge in [0.15, 0.2) is 11.5 Å². The lowest BCUT2D eigenvalue weighted by Gasteiger charge is -2.72. The van der Waals surface area contributed by atoms with Crippen LogP contribution in [0.5, 0.6) is 11.5 Å². The molecular weight excluding hydrogens is 378 g/mol. The van der Waals surface area contributed by atoms with Gasteiger partial charge in [0.1, 0.15) is 11.7 Å². The summed E-state index contributed by atoms with van der Waals surface area (Å²) in [5, 5.41) is 22.4. The smallest absolute Gasteiger partial charge is 0.165 e. The van der Waals surface area contributed by atoms with Gasteiger partial charge in [-0.2, -0.15) is 0 Å². The molecule has 1 aromatic carbocycles. The quantitative estimate of drug-likeness (QED) is 0.746. The van der Waals surface area contributed by atoms with Crippen molar-refractivity contribution >= 4 is 0 Å². The Morgan fingerprint density at radius 2 is 2.13 bits per heavy atom. The van der Waals surface area contributed by atoms with E-state index in [0.29, 0.717) is 11.8 Å². The predicted octanol–water partition coefficient (Wildman–Crippen LogP) is 3.16. The van der Waals surface area contributed by atoms with E-state index < -0.39 is 11.2 Å². The van der Waals surface area contributed by atoms with E-state index in [-0.39, 0.29) is 28.6 Å². The van der Waals surface area contributed by atoms with Gasteiger partial charge in [-0.3, -0.25) is 0 Å². The third-order valence-corrected chi connectivity index (χ3v) is 9.58. The maximum Gasteiger partial charge on any atom is 0.165 e. The van der Waals surface area contributed by atoms with Crippen LogP contribution in [0.25, 0.3) is 0 Å². The summed E-state index contributed by atoms with van der Waals surface area (Å²) >= 11 is 0. The predicted molar refractivity (Wildman–Crippen MR) is 114 cm³/mol. The standard InChI is InChI=1S/C25H33NO4/c1-5-8-22(2,28)17-14-23-9-10-25(17,29-4)21-24(23)11-12-26(3)18(23)13-15-6-7-16(27)20(30-21)19(15)24/h6-7,9-10,17-18,21,27-28H,5,8,11-14H2,1-4H3/t17-,18?,21-,22-,23?,24?,25+/m0/s1. The van der Waals surface area contributed by atoms with Gasteiger partial charge in [0.2, 0.25) is 0 Å². The Morgan fingerprint density at radius 1 is 1.33 bits per heavy atom. The third-order valence-electron chi connectivity index (χ3n) is 9.58. The van der Waals surface area contributed by atoms with Crippen molar-refractivity contribution in [3.8, 4) is 11.5 Å². The molecule has 4 aliphatic carbocycles. The molecule has 7 atom stereocenters. The van der Waals surface area contributed by atoms with E-state index in [0.717, 1.165) is 38.6 Å². The van der Waals surface area contributed by atoms with Crippen molar-refractivity contribution in [1.29, 1.82) is 0 Å². The molecule has 2 aliphatic heterocycles. The molecule has 2 N–H and O–H groups in total. The summed E-state index contributed by atoms with van der Waals surface area (Å²) in [5.74, 6) is 0.823. The Hall–Kier alpha value is -1.56. The van der Waals surface area contributed by atoms with Gasteiger partial charge in [-0.1, -0.05) is 31.6 Å². The number of fused-ring (bicyclic) bond motifs is 1. The number of ether oxygens (including phenoxy) is 2. The van der Waals surface area contributed by atoms with Crippen LogP contribution in [0.15, 0.2) is 24.3 Å². The molecule has 1 aromatic rings. The molecule has 4 bridgehead atoms. The van der Waals surface area contributed by atoms with Crippen molar-refractivity contribution in [3.05, 3.63) is 35.4 Å². The number of methoxy groups -OCH3 is 1. The minimum atomic E-state index is -0.850. The van der Waals surface area contributed by atoms with Crippen molar-refractivity contribution < 1.29 is 19.7 Å². The Labute approximate surface area is 178 Å². The van der Waals surface area contributed by atoms with Crippen molar-refractivity contribution in [1.82, 2.24) is 4.90 Å². The minimum Gasteiger partial charge on any atom is -0.504 e. The molecule has 1 saturated heterocycles. The SMILES string of the molecule is CCC[C@](C)(O)[C@@H]1CC23C=C[C@]1(OC)[C@H]1Oc4c(O)ccc5c4C12CCN(C)C3C5. The van der Waals surface area contributed by atoms with Crippen LogP contribution in [-0.4, -0.2) is 59.2 Å². The molecule has 6 aliphatic rings. The summed E-state index contributed by atoms with van der Waals surface area (Å²) in [5.41, 5.74) is 0.625. The maximum absolute atomic E-state index is 11.7. The number of piperidine rings is 1. The average Bonchev–Trinajstić information content (AvgIpc) is 3.09. The molecular formula is C25H33NO4. The Morgan fingerprint density at radius 3 is 2.87 bits per heavy atom. The topological polar surface area (TPSA) is 62.2 Å². The second-order valence-electron chi connectivity index (χ2n) is 10.7. The summed E-state index contributed by atoms with van der Waals surface area (Å²) < 4.78 is 13.1. The number of likely N-dealkylation sites (tertiary alicyclic amines) is 1. The summed E-state index contributed by atoms with van der Waals surface area (Å²) in [7, 11) is 4.00. The minimum absolute atomic E-state index is 0.0647. The van der Waals surface area contributed by atoms with Crippen LogP contribution in [-0.2, 0) is 16.6 Å². The third kappa shape index (κ3) is 1.80. The van der Waals surface area contributed by atoms with Crippen molar-refractivity contribution in [2.75, 3.05) is 20.7 Å². The van der Waals surface area contributed by atoms with E-state index in [2.05, 4.69) is 37.1 Å². The zero-order valence-electron chi connectivity index (χ0n) is 18.4. The van der Waals surface area contributed by atoms with Gasteiger partial charge in [0.25, 0.3) is 0 Å². The first-order chi connectivity index (χ1) is 14.3. The first-order valence-electron chi connectivity index (χ1n) is 11.5. The normalized spacial score (nSPS) is 44.5. The van der Waals surface area contributed by atoms with Crippen LogP contribution in [0.1, 0.15) is 50.7 Å². The maximum atomic E-state index is 11.7. The molecule has 1 saturated carbocycles. The van der Waals surface area contributed by atoms with Gasteiger partial charge >= 0.3 is 0 Å². The number of hydrogen-bond donors (Lipinski definition) is 2. The van der Waals surface area contributed by atoms with Crippen molar-refractivity contribution in [3.63, 3.8) is 0 Å². The Kier molecular flexibility index (Phi) is 3.59. The Bertz CT molecular complexity index is 957. The molecule has 5 heteroatoms. The highest BCUT2D eigenvalue weighted by Crippen LogP contribution is 2.75. The van der Waals surface area contributed by atoms with E-state index in [4.69, 9.17) is 9.47 Å². The summed E-state index contributed by atoms with van der Waals surface area (Å²) in [6.07, 6.45) is 8.86. The fourth-order valence-corrected chi connectivity index (χ4v) is 8.44. The fourth-order valence-electron chi connectivity index (χ4n) is 8.44. The molecule has 2 fully saturated rings. The molecule has 5 nitrogen and oxygen atoms in total. The number of aromatic hydroxyl groups is 1. The lowest BCUT2D eigenvalue weighted by molar-refractivity contribution is -0.247. The number of phenolic OH excluding ortho intramolecular Hbond substituents is 1. The van der Waals surface area contributed by atoms with Crippen molar-refractivity contribution in [2.45, 2.75) is 74.7 Å². The second-order valence-corrected chi connectivity index (χ2v) is 10.7. The summed E-state index contributed by atoms with van der Waals surface area (Å²) in [6, 6.07) is 4.23. The zero-order valence-corrected chi connectivity index (χ0v) is 18.4. The molecule has 7 rings (SSSR count). The summed E-state index contributed by atoms with van der Waals surface area (Å²) in [4.78, 5) is 2.51. The molecule has 2 heterocycles. The number of rotatable bonds is 4. The van der Waals surface area contributed by atoms with Crippen LogP contribution < -0.4 is 4.74 Å². The molecule has 2 spiro atoms. The van der Waals surface area contributed by atoms with Gasteiger partial charge in [-0.15, -0.1) is 0 Å². The van der Waals surface area contributed by atoms with E-state index in [1.54, 1.807) is 13.2 Å². The number of phenols is 1. The van der Waals surface area contributed by atoms with Gasteiger partial charge in [0, 0.05) is 30.0 Å². The zero-order chi connectivity index (χ0) is 21.1. The van der Waals surface area contributed by atoms with E-state index in [9.17, 15) is 10.2 Å². The number of hydrogen-bond acceptors (Lipinski definition) is 5. The van der Waals surface area contributed by atoms with Crippen LogP contribution in [0, 0.1) is 11.3 Å². The van der Waals surface area contributed by atoms with Crippen LogP contribution in [0.2, 0.25) is 0 Å². The monoisotopic (exact) mass is 411 g/mol. The fraction of sp³-hybridized carbons (Fsp3) is 0.680. The second kappa shape index (κ2) is 5.62. The molecule has 30 heavy (non-hydrogen) atoms. The first-order valence-corrected chi connectivity index (χ1v) is 11.5. The highest BCUT2D eigenvalue weighted by Gasteiger charge is 2.80. The molecule has 3 unspecified atom stereocenters. The number of nitrogens with zero attached hydrogens (tertiary/aromatic N) is 1. The highest BCUT2D eigenvalue weighted by molar-refractivity contribution is 5.65. The molecule has 162 valence electrons. The van der Waals surface area contributed by atoms with Crippen LogP contribution >= 0.6 is 0 Å². The highest BCUT2D eigenvalue weighted by atomic mass is 16.6. The number of likely N-dealkylation sites (N-methyl/N-ethyl adjacent to an activating group) is 1. The summed E-state index contributed by atoms with van der Waals surface area (Å²) in [6.45, 7) is 5.11. The van der Waals surface area contributed by atoms with Crippen LogP contribution in [0.4, 0.5) is 0 Å². The molecule has 0 aromatic heterocycles. The van der Waals surface area contributed by atoms with Gasteiger partial charge in [0.05, 0.1) is 11.0 Å².